The number of hydrogen-bond acceptors (Lipinski definition) is 5. The summed E-state index contributed by atoms with van der Waals surface area (Å²) in [4.78, 5) is 14.2. The van der Waals surface area contributed by atoms with Crippen LogP contribution >= 0.6 is 15.9 Å². The Kier molecular flexibility index (Phi) is 5.17. The third-order valence-electron chi connectivity index (χ3n) is 3.53. The number of methoxy groups -OCH3 is 1. The highest BCUT2D eigenvalue weighted by Gasteiger charge is 2.29. The van der Waals surface area contributed by atoms with Crippen LogP contribution in [0.15, 0.2) is 15.5 Å². The van der Waals surface area contributed by atoms with Gasteiger partial charge in [0.2, 0.25) is 0 Å². The molecule has 0 saturated heterocycles. The Hall–Kier alpha value is -0.920. The first-order valence-corrected chi connectivity index (χ1v) is 7.50. The third kappa shape index (κ3) is 3.59. The predicted molar refractivity (Wildman–Crippen MR) is 82.2 cm³/mol. The Morgan fingerprint density at radius 1 is 1.55 bits per heavy atom. The van der Waals surface area contributed by atoms with Gasteiger partial charge >= 0.3 is 0 Å². The maximum absolute atomic E-state index is 12.2. The molecule has 2 rings (SSSR count). The molecule has 1 aromatic rings. The van der Waals surface area contributed by atoms with Crippen LogP contribution in [0.2, 0.25) is 0 Å². The molecule has 0 atom stereocenters. The summed E-state index contributed by atoms with van der Waals surface area (Å²) in [5, 5.41) is 7.55. The summed E-state index contributed by atoms with van der Waals surface area (Å²) in [7, 11) is 5.67. The number of aromatic nitrogens is 2. The van der Waals surface area contributed by atoms with Crippen molar-refractivity contribution < 1.29 is 4.74 Å². The molecule has 0 amide bonds. The molecule has 112 valence electrons. The second-order valence-electron chi connectivity index (χ2n) is 5.37. The van der Waals surface area contributed by atoms with Crippen LogP contribution in [0.3, 0.4) is 0 Å². The van der Waals surface area contributed by atoms with E-state index in [9.17, 15) is 4.79 Å². The van der Waals surface area contributed by atoms with E-state index in [-0.39, 0.29) is 5.56 Å². The van der Waals surface area contributed by atoms with Crippen molar-refractivity contribution in [2.75, 3.05) is 33.1 Å². The zero-order chi connectivity index (χ0) is 14.7. The van der Waals surface area contributed by atoms with E-state index in [0.29, 0.717) is 23.2 Å². The van der Waals surface area contributed by atoms with Gasteiger partial charge in [-0.25, -0.2) is 4.68 Å². The van der Waals surface area contributed by atoms with Crippen molar-refractivity contribution in [1.29, 1.82) is 0 Å². The van der Waals surface area contributed by atoms with Gasteiger partial charge in [0.25, 0.3) is 5.56 Å². The summed E-state index contributed by atoms with van der Waals surface area (Å²) in [6.45, 7) is 1.37. The van der Waals surface area contributed by atoms with Crippen molar-refractivity contribution in [2.24, 2.45) is 0 Å². The minimum Gasteiger partial charge on any atom is -0.381 e. The molecular formula is C13H21BrN4O2. The summed E-state index contributed by atoms with van der Waals surface area (Å²) in [5.74, 6) is 0. The molecule has 20 heavy (non-hydrogen) atoms. The standard InChI is InChI=1S/C13H21BrN4O2/c1-17(2)4-5-18-13(19)12(14)11(8-15-18)16-9-6-10(7-9)20-3/h8-10,16H,4-7H2,1-3H3. The van der Waals surface area contributed by atoms with Crippen LogP contribution in [-0.4, -0.2) is 54.6 Å². The van der Waals surface area contributed by atoms with Crippen LogP contribution < -0.4 is 10.9 Å². The molecule has 1 heterocycles. The molecule has 0 aliphatic heterocycles. The number of nitrogens with zero attached hydrogens (tertiary/aromatic N) is 3. The first kappa shape index (κ1) is 15.5. The average molecular weight is 345 g/mol. The molecule has 0 radical (unpaired) electrons. The van der Waals surface area contributed by atoms with Crippen LogP contribution in [0, 0.1) is 0 Å². The Bertz CT molecular complexity index is 512. The molecule has 0 bridgehead atoms. The first-order chi connectivity index (χ1) is 9.51. The van der Waals surface area contributed by atoms with Crippen molar-refractivity contribution >= 4 is 21.6 Å². The SMILES string of the molecule is COC1CC(Nc2cnn(CCN(C)C)c(=O)c2Br)C1. The molecule has 1 N–H and O–H groups in total. The number of nitrogens with one attached hydrogen (secondary N) is 1. The average Bonchev–Trinajstić information content (AvgIpc) is 2.36. The highest BCUT2D eigenvalue weighted by Crippen LogP contribution is 2.28. The van der Waals surface area contributed by atoms with Crippen molar-refractivity contribution in [2.45, 2.75) is 31.5 Å². The van der Waals surface area contributed by atoms with E-state index in [0.717, 1.165) is 25.1 Å². The fraction of sp³-hybridized carbons (Fsp3) is 0.692. The van der Waals surface area contributed by atoms with E-state index < -0.39 is 0 Å². The number of hydrogen-bond donors (Lipinski definition) is 1. The number of likely N-dealkylation sites (N-methyl/N-ethyl adjacent to an activating group) is 1. The van der Waals surface area contributed by atoms with Gasteiger partial charge in [-0.2, -0.15) is 5.10 Å². The maximum Gasteiger partial charge on any atom is 0.283 e. The predicted octanol–water partition coefficient (Wildman–Crippen LogP) is 1.16. The van der Waals surface area contributed by atoms with Gasteiger partial charge in [0.05, 0.1) is 24.5 Å². The summed E-state index contributed by atoms with van der Waals surface area (Å²) < 4.78 is 7.27. The highest BCUT2D eigenvalue weighted by atomic mass is 79.9. The molecule has 1 saturated carbocycles. The lowest BCUT2D eigenvalue weighted by Crippen LogP contribution is -2.40. The van der Waals surface area contributed by atoms with Gasteiger partial charge < -0.3 is 15.0 Å². The second kappa shape index (κ2) is 6.69. The number of halogens is 1. The van der Waals surface area contributed by atoms with E-state index in [4.69, 9.17) is 4.74 Å². The topological polar surface area (TPSA) is 59.4 Å². The smallest absolute Gasteiger partial charge is 0.283 e. The Labute approximate surface area is 127 Å². The molecule has 1 aliphatic carbocycles. The van der Waals surface area contributed by atoms with E-state index in [2.05, 4.69) is 26.3 Å². The molecule has 0 aromatic carbocycles. The summed E-state index contributed by atoms with van der Waals surface area (Å²) in [5.41, 5.74) is 0.662. The van der Waals surface area contributed by atoms with E-state index in [1.165, 1.54) is 4.68 Å². The first-order valence-electron chi connectivity index (χ1n) is 6.71. The minimum absolute atomic E-state index is 0.0977. The number of rotatable bonds is 6. The Morgan fingerprint density at radius 3 is 2.85 bits per heavy atom. The van der Waals surface area contributed by atoms with E-state index >= 15 is 0 Å². The van der Waals surface area contributed by atoms with Gasteiger partial charge in [-0.1, -0.05) is 0 Å². The number of ether oxygens (including phenoxy) is 1. The molecule has 0 unspecified atom stereocenters. The van der Waals surface area contributed by atoms with Gasteiger partial charge in [-0.15, -0.1) is 0 Å². The van der Waals surface area contributed by atoms with Gasteiger partial charge in [0.15, 0.2) is 0 Å². The van der Waals surface area contributed by atoms with Gasteiger partial charge in [-0.05, 0) is 42.9 Å². The normalized spacial score (nSPS) is 21.9. The molecular weight excluding hydrogens is 324 g/mol. The van der Waals surface area contributed by atoms with Crippen LogP contribution in [0.1, 0.15) is 12.8 Å². The van der Waals surface area contributed by atoms with Crippen LogP contribution in [-0.2, 0) is 11.3 Å². The molecule has 1 aromatic heterocycles. The van der Waals surface area contributed by atoms with Crippen LogP contribution in [0.5, 0.6) is 0 Å². The van der Waals surface area contributed by atoms with Crippen molar-refractivity contribution in [1.82, 2.24) is 14.7 Å². The summed E-state index contributed by atoms with van der Waals surface area (Å²) in [6, 6.07) is 0.357. The lowest BCUT2D eigenvalue weighted by Gasteiger charge is -2.35. The van der Waals surface area contributed by atoms with Crippen molar-refractivity contribution in [3.63, 3.8) is 0 Å². The molecule has 1 aliphatic rings. The van der Waals surface area contributed by atoms with E-state index in [1.807, 2.05) is 19.0 Å². The van der Waals surface area contributed by atoms with E-state index in [1.54, 1.807) is 13.3 Å². The summed E-state index contributed by atoms with van der Waals surface area (Å²) in [6.07, 6.45) is 3.97. The monoisotopic (exact) mass is 344 g/mol. The largest absolute Gasteiger partial charge is 0.381 e. The Morgan fingerprint density at radius 2 is 2.25 bits per heavy atom. The zero-order valence-corrected chi connectivity index (χ0v) is 13.7. The second-order valence-corrected chi connectivity index (χ2v) is 6.17. The quantitative estimate of drug-likeness (QED) is 0.838. The lowest BCUT2D eigenvalue weighted by molar-refractivity contribution is 0.0328. The molecule has 0 spiro atoms. The highest BCUT2D eigenvalue weighted by molar-refractivity contribution is 9.10. The zero-order valence-electron chi connectivity index (χ0n) is 12.1. The third-order valence-corrected chi connectivity index (χ3v) is 4.30. The van der Waals surface area contributed by atoms with Gasteiger partial charge in [0, 0.05) is 19.7 Å². The maximum atomic E-state index is 12.2. The minimum atomic E-state index is -0.0977. The van der Waals surface area contributed by atoms with Crippen molar-refractivity contribution in [3.8, 4) is 0 Å². The molecule has 6 nitrogen and oxygen atoms in total. The fourth-order valence-electron chi connectivity index (χ4n) is 2.12. The van der Waals surface area contributed by atoms with Crippen LogP contribution in [0.25, 0.3) is 0 Å². The number of anilines is 1. The van der Waals surface area contributed by atoms with Crippen molar-refractivity contribution in [3.05, 3.63) is 21.0 Å². The Balaban J connectivity index is 2.01. The molecule has 7 heteroatoms. The fourth-order valence-corrected chi connectivity index (χ4v) is 2.54. The lowest BCUT2D eigenvalue weighted by atomic mass is 9.89. The molecule has 1 fully saturated rings. The van der Waals surface area contributed by atoms with Crippen LogP contribution in [0.4, 0.5) is 5.69 Å². The van der Waals surface area contributed by atoms with Gasteiger partial charge in [-0.3, -0.25) is 4.79 Å². The summed E-state index contributed by atoms with van der Waals surface area (Å²) >= 11 is 3.37. The van der Waals surface area contributed by atoms with Gasteiger partial charge in [0.1, 0.15) is 4.47 Å².